The zero-order valence-electron chi connectivity index (χ0n) is 11.2. The van der Waals surface area contributed by atoms with Gasteiger partial charge in [-0.3, -0.25) is 9.59 Å². The Morgan fingerprint density at radius 1 is 1.37 bits per heavy atom. The van der Waals surface area contributed by atoms with Crippen LogP contribution in [-0.2, 0) is 0 Å². The van der Waals surface area contributed by atoms with Gasteiger partial charge in [0.05, 0.1) is 0 Å². The maximum Gasteiger partial charge on any atom is 0.261 e. The normalized spacial score (nSPS) is 12.3. The molecule has 2 aromatic rings. The zero-order valence-corrected chi connectivity index (χ0v) is 11.2. The van der Waals surface area contributed by atoms with E-state index in [-0.39, 0.29) is 23.1 Å². The second-order valence-electron chi connectivity index (χ2n) is 4.76. The van der Waals surface area contributed by atoms with Crippen LogP contribution in [0.1, 0.15) is 37.0 Å². The van der Waals surface area contributed by atoms with E-state index < -0.39 is 0 Å². The van der Waals surface area contributed by atoms with Gasteiger partial charge in [0.1, 0.15) is 5.56 Å². The van der Waals surface area contributed by atoms with Gasteiger partial charge in [0.15, 0.2) is 0 Å². The Morgan fingerprint density at radius 2 is 2.11 bits per heavy atom. The molecule has 1 heterocycles. The van der Waals surface area contributed by atoms with Crippen LogP contribution in [0.4, 0.5) is 0 Å². The van der Waals surface area contributed by atoms with Gasteiger partial charge in [-0.1, -0.05) is 31.5 Å². The molecule has 0 aliphatic carbocycles. The minimum Gasteiger partial charge on any atom is -0.349 e. The first kappa shape index (κ1) is 13.3. The van der Waals surface area contributed by atoms with Crippen LogP contribution < -0.4 is 10.9 Å². The van der Waals surface area contributed by atoms with Crippen LogP contribution in [0.15, 0.2) is 35.1 Å². The molecule has 2 rings (SSSR count). The van der Waals surface area contributed by atoms with Gasteiger partial charge in [-0.25, -0.2) is 0 Å². The molecule has 0 saturated carbocycles. The van der Waals surface area contributed by atoms with Gasteiger partial charge in [0.2, 0.25) is 0 Å². The number of para-hydroxylation sites is 1. The molecule has 0 bridgehead atoms. The molecule has 0 fully saturated rings. The maximum atomic E-state index is 12.1. The van der Waals surface area contributed by atoms with Crippen molar-refractivity contribution in [3.8, 4) is 0 Å². The summed E-state index contributed by atoms with van der Waals surface area (Å²) in [6.07, 6.45) is 1.90. The molecule has 0 unspecified atom stereocenters. The number of fused-ring (bicyclic) bond motifs is 1. The van der Waals surface area contributed by atoms with Crippen molar-refractivity contribution < 1.29 is 4.79 Å². The number of rotatable bonds is 4. The summed E-state index contributed by atoms with van der Waals surface area (Å²) >= 11 is 0. The second kappa shape index (κ2) is 5.69. The summed E-state index contributed by atoms with van der Waals surface area (Å²) in [4.78, 5) is 26.7. The minimum absolute atomic E-state index is 0.0726. The van der Waals surface area contributed by atoms with E-state index >= 15 is 0 Å². The van der Waals surface area contributed by atoms with E-state index in [1.54, 1.807) is 6.07 Å². The lowest BCUT2D eigenvalue weighted by Crippen LogP contribution is -2.35. The van der Waals surface area contributed by atoms with Crippen LogP contribution in [0.3, 0.4) is 0 Å². The van der Waals surface area contributed by atoms with E-state index in [2.05, 4.69) is 17.2 Å². The van der Waals surface area contributed by atoms with Crippen molar-refractivity contribution in [1.29, 1.82) is 0 Å². The summed E-state index contributed by atoms with van der Waals surface area (Å²) < 4.78 is 0. The standard InChI is InChI=1S/C15H18N2O2/c1-3-6-10(2)16-14(18)12-9-11-7-4-5-8-13(11)17-15(12)19/h4-5,7-10H,3,6H2,1-2H3,(H,16,18)(H,17,19)/t10-/m1/s1. The van der Waals surface area contributed by atoms with E-state index in [4.69, 9.17) is 0 Å². The van der Waals surface area contributed by atoms with E-state index in [9.17, 15) is 9.59 Å². The molecule has 1 aromatic carbocycles. The third-order valence-corrected chi connectivity index (χ3v) is 3.10. The summed E-state index contributed by atoms with van der Waals surface area (Å²) in [7, 11) is 0. The number of carbonyl (C=O) groups is 1. The average Bonchev–Trinajstić information content (AvgIpc) is 2.38. The molecule has 1 aromatic heterocycles. The molecule has 0 aliphatic rings. The quantitative estimate of drug-likeness (QED) is 0.884. The predicted octanol–water partition coefficient (Wildman–Crippen LogP) is 2.45. The molecular weight excluding hydrogens is 240 g/mol. The van der Waals surface area contributed by atoms with Crippen molar-refractivity contribution in [2.45, 2.75) is 32.7 Å². The Hall–Kier alpha value is -2.10. The SMILES string of the molecule is CCC[C@@H](C)NC(=O)c1cc2ccccc2[nH]c1=O. The molecule has 0 saturated heterocycles. The topological polar surface area (TPSA) is 62.0 Å². The number of aromatic nitrogens is 1. The lowest BCUT2D eigenvalue weighted by atomic mass is 10.1. The zero-order chi connectivity index (χ0) is 13.8. The predicted molar refractivity (Wildman–Crippen MR) is 76.4 cm³/mol. The fraction of sp³-hybridized carbons (Fsp3) is 0.333. The van der Waals surface area contributed by atoms with E-state index in [1.165, 1.54) is 0 Å². The monoisotopic (exact) mass is 258 g/mol. The van der Waals surface area contributed by atoms with E-state index in [1.807, 2.05) is 31.2 Å². The molecule has 1 amide bonds. The van der Waals surface area contributed by atoms with Crippen molar-refractivity contribution in [3.05, 3.63) is 46.2 Å². The number of benzene rings is 1. The lowest BCUT2D eigenvalue weighted by molar-refractivity contribution is 0.0937. The second-order valence-corrected chi connectivity index (χ2v) is 4.76. The molecular formula is C15H18N2O2. The van der Waals surface area contributed by atoms with Gasteiger partial charge < -0.3 is 10.3 Å². The largest absolute Gasteiger partial charge is 0.349 e. The lowest BCUT2D eigenvalue weighted by Gasteiger charge is -2.12. The van der Waals surface area contributed by atoms with Crippen molar-refractivity contribution in [2.24, 2.45) is 0 Å². The van der Waals surface area contributed by atoms with Gasteiger partial charge in [0, 0.05) is 11.6 Å². The van der Waals surface area contributed by atoms with Gasteiger partial charge in [-0.2, -0.15) is 0 Å². The highest BCUT2D eigenvalue weighted by Crippen LogP contribution is 2.10. The minimum atomic E-state index is -0.347. The van der Waals surface area contributed by atoms with Crippen LogP contribution >= 0.6 is 0 Å². The first-order chi connectivity index (χ1) is 9.11. The smallest absolute Gasteiger partial charge is 0.261 e. The number of nitrogens with one attached hydrogen (secondary N) is 2. The third kappa shape index (κ3) is 3.02. The Labute approximate surface area is 111 Å². The molecule has 100 valence electrons. The molecule has 4 nitrogen and oxygen atoms in total. The van der Waals surface area contributed by atoms with Crippen LogP contribution in [0.25, 0.3) is 10.9 Å². The van der Waals surface area contributed by atoms with Gasteiger partial charge in [-0.15, -0.1) is 0 Å². The van der Waals surface area contributed by atoms with Crippen molar-refractivity contribution in [2.75, 3.05) is 0 Å². The highest BCUT2D eigenvalue weighted by atomic mass is 16.2. The Bertz CT molecular complexity index is 646. The molecule has 1 atom stereocenters. The van der Waals surface area contributed by atoms with Gasteiger partial charge in [0.25, 0.3) is 11.5 Å². The van der Waals surface area contributed by atoms with E-state index in [0.717, 1.165) is 23.7 Å². The molecule has 0 spiro atoms. The summed E-state index contributed by atoms with van der Waals surface area (Å²) in [6.45, 7) is 4.00. The molecule has 4 heteroatoms. The van der Waals surface area contributed by atoms with Crippen LogP contribution in [0, 0.1) is 0 Å². The number of carbonyl (C=O) groups excluding carboxylic acids is 1. The number of H-pyrrole nitrogens is 1. The van der Waals surface area contributed by atoms with Crippen molar-refractivity contribution >= 4 is 16.8 Å². The molecule has 2 N–H and O–H groups in total. The maximum absolute atomic E-state index is 12.1. The highest BCUT2D eigenvalue weighted by Gasteiger charge is 2.13. The van der Waals surface area contributed by atoms with Gasteiger partial charge >= 0.3 is 0 Å². The number of hydrogen-bond acceptors (Lipinski definition) is 2. The van der Waals surface area contributed by atoms with Crippen molar-refractivity contribution in [3.63, 3.8) is 0 Å². The Balaban J connectivity index is 2.31. The fourth-order valence-electron chi connectivity index (χ4n) is 2.12. The molecule has 0 aliphatic heterocycles. The number of hydrogen-bond donors (Lipinski definition) is 2. The number of aromatic amines is 1. The molecule has 0 radical (unpaired) electrons. The van der Waals surface area contributed by atoms with Crippen molar-refractivity contribution in [1.82, 2.24) is 10.3 Å². The van der Waals surface area contributed by atoms with Crippen LogP contribution in [-0.4, -0.2) is 16.9 Å². The van der Waals surface area contributed by atoms with Gasteiger partial charge in [-0.05, 0) is 30.9 Å². The third-order valence-electron chi connectivity index (χ3n) is 3.10. The summed E-state index contributed by atoms with van der Waals surface area (Å²) in [5.74, 6) is -0.312. The first-order valence-electron chi connectivity index (χ1n) is 6.54. The Kier molecular flexibility index (Phi) is 4.00. The van der Waals surface area contributed by atoms with Crippen LogP contribution in [0.5, 0.6) is 0 Å². The average molecular weight is 258 g/mol. The van der Waals surface area contributed by atoms with Crippen LogP contribution in [0.2, 0.25) is 0 Å². The Morgan fingerprint density at radius 3 is 2.84 bits per heavy atom. The molecule has 19 heavy (non-hydrogen) atoms. The number of pyridine rings is 1. The highest BCUT2D eigenvalue weighted by molar-refractivity contribution is 5.97. The summed E-state index contributed by atoms with van der Waals surface area (Å²) in [5.41, 5.74) is 0.562. The summed E-state index contributed by atoms with van der Waals surface area (Å²) in [5, 5.41) is 3.70. The van der Waals surface area contributed by atoms with E-state index in [0.29, 0.717) is 0 Å². The number of amides is 1. The fourth-order valence-corrected chi connectivity index (χ4v) is 2.12. The summed E-state index contributed by atoms with van der Waals surface area (Å²) in [6, 6.07) is 9.13. The first-order valence-corrected chi connectivity index (χ1v) is 6.54.